The Morgan fingerprint density at radius 2 is 2.12 bits per heavy atom. The van der Waals surface area contributed by atoms with E-state index in [0.717, 1.165) is 12.0 Å². The summed E-state index contributed by atoms with van der Waals surface area (Å²) in [7, 11) is 0. The van der Waals surface area contributed by atoms with Gasteiger partial charge in [-0.2, -0.15) is 5.10 Å². The number of carbonyl (C=O) groups is 2. The van der Waals surface area contributed by atoms with Gasteiger partial charge in [0.2, 0.25) is 5.91 Å². The molecule has 0 radical (unpaired) electrons. The first-order chi connectivity index (χ1) is 15.5. The number of pyridine rings is 1. The minimum absolute atomic E-state index is 0.139. The van der Waals surface area contributed by atoms with Gasteiger partial charge in [-0.1, -0.05) is 12.1 Å². The van der Waals surface area contributed by atoms with E-state index in [-0.39, 0.29) is 29.7 Å². The number of ether oxygens (including phenoxy) is 1. The first-order valence-electron chi connectivity index (χ1n) is 10.7. The van der Waals surface area contributed by atoms with E-state index in [0.29, 0.717) is 42.9 Å². The van der Waals surface area contributed by atoms with Crippen LogP contribution in [0.4, 0.5) is 4.39 Å². The van der Waals surface area contributed by atoms with Crippen molar-refractivity contribution in [1.82, 2.24) is 20.1 Å². The molecule has 1 saturated heterocycles. The number of benzene rings is 1. The van der Waals surface area contributed by atoms with E-state index in [1.165, 1.54) is 13.0 Å². The Hall–Kier alpha value is -3.55. The number of halogens is 1. The topological polar surface area (TPSA) is 86.1 Å². The van der Waals surface area contributed by atoms with Gasteiger partial charge in [0.05, 0.1) is 24.1 Å². The molecule has 1 fully saturated rings. The van der Waals surface area contributed by atoms with Crippen LogP contribution in [0.5, 0.6) is 0 Å². The molecule has 3 heterocycles. The van der Waals surface area contributed by atoms with Gasteiger partial charge in [0.15, 0.2) is 0 Å². The van der Waals surface area contributed by atoms with Crippen molar-refractivity contribution < 1.29 is 18.7 Å². The van der Waals surface area contributed by atoms with E-state index in [2.05, 4.69) is 15.4 Å². The molecule has 166 valence electrons. The highest BCUT2D eigenvalue weighted by molar-refractivity contribution is 5.73. The normalized spacial score (nSPS) is 18.2. The Kier molecular flexibility index (Phi) is 6.58. The number of amides is 1. The van der Waals surface area contributed by atoms with Crippen LogP contribution in [-0.4, -0.2) is 39.3 Å². The molecule has 32 heavy (non-hydrogen) atoms. The zero-order chi connectivity index (χ0) is 22.5. The quantitative estimate of drug-likeness (QED) is 0.573. The highest BCUT2D eigenvalue weighted by Crippen LogP contribution is 2.27. The Labute approximate surface area is 185 Å². The molecular weight excluding hydrogens is 411 g/mol. The molecule has 0 spiro atoms. The molecule has 7 nitrogen and oxygen atoms in total. The second-order valence-electron chi connectivity index (χ2n) is 8.02. The zero-order valence-corrected chi connectivity index (χ0v) is 17.8. The second-order valence-corrected chi connectivity index (χ2v) is 8.02. The molecule has 4 rings (SSSR count). The number of cyclic esters (lactones) is 1. The minimum Gasteiger partial charge on any atom is -0.460 e. The number of rotatable bonds is 7. The first kappa shape index (κ1) is 21.7. The maximum Gasteiger partial charge on any atom is 0.306 e. The van der Waals surface area contributed by atoms with Crippen molar-refractivity contribution in [3.8, 4) is 17.1 Å². The molecule has 1 aromatic carbocycles. The predicted octanol–water partition coefficient (Wildman–Crippen LogP) is 3.46. The van der Waals surface area contributed by atoms with Crippen LogP contribution < -0.4 is 5.32 Å². The highest BCUT2D eigenvalue weighted by Gasteiger charge is 2.28. The largest absolute Gasteiger partial charge is 0.460 e. The maximum atomic E-state index is 15.0. The third kappa shape index (κ3) is 5.19. The lowest BCUT2D eigenvalue weighted by Crippen LogP contribution is -2.38. The molecule has 1 amide bonds. The summed E-state index contributed by atoms with van der Waals surface area (Å²) < 4.78 is 21.8. The van der Waals surface area contributed by atoms with Crippen LogP contribution in [0.1, 0.15) is 31.7 Å². The molecule has 2 aromatic heterocycles. The van der Waals surface area contributed by atoms with Gasteiger partial charge in [0.25, 0.3) is 0 Å². The van der Waals surface area contributed by atoms with Crippen molar-refractivity contribution in [2.24, 2.45) is 5.92 Å². The fourth-order valence-electron chi connectivity index (χ4n) is 4.03. The highest BCUT2D eigenvalue weighted by atomic mass is 19.1. The molecular formula is C24H25FN4O3. The van der Waals surface area contributed by atoms with Crippen LogP contribution in [0.15, 0.2) is 54.9 Å². The first-order valence-corrected chi connectivity index (χ1v) is 10.7. The number of hydrogen-bond donors (Lipinski definition) is 1. The Morgan fingerprint density at radius 3 is 2.88 bits per heavy atom. The SMILES string of the molecule is CC(=O)NCC1CC(CCc2ccc(-n3nccc3-c3ccccn3)c(F)c2)CC(=O)O1. The van der Waals surface area contributed by atoms with Crippen LogP contribution in [-0.2, 0) is 20.7 Å². The fourth-order valence-corrected chi connectivity index (χ4v) is 4.03. The lowest BCUT2D eigenvalue weighted by atomic mass is 9.89. The number of esters is 1. The third-order valence-electron chi connectivity index (χ3n) is 5.58. The van der Waals surface area contributed by atoms with Gasteiger partial charge in [-0.25, -0.2) is 9.07 Å². The summed E-state index contributed by atoms with van der Waals surface area (Å²) in [6.45, 7) is 1.76. The number of aryl methyl sites for hydroxylation is 1. The standard InChI is InChI=1S/C24H25FN4O3/c1-16(30)27-15-19-12-18(14-24(31)32-19)6-5-17-7-8-22(20(25)13-17)29-23(9-11-28-29)21-4-2-3-10-26-21/h2-4,7-11,13,18-19H,5-6,12,14-15H2,1H3,(H,27,30). The third-order valence-corrected chi connectivity index (χ3v) is 5.58. The molecule has 2 atom stereocenters. The van der Waals surface area contributed by atoms with Gasteiger partial charge in [-0.3, -0.25) is 14.6 Å². The van der Waals surface area contributed by atoms with Crippen molar-refractivity contribution in [2.45, 2.75) is 38.7 Å². The van der Waals surface area contributed by atoms with Crippen LogP contribution in [0.2, 0.25) is 0 Å². The van der Waals surface area contributed by atoms with Gasteiger partial charge < -0.3 is 10.1 Å². The summed E-state index contributed by atoms with van der Waals surface area (Å²) in [5.41, 5.74) is 2.64. The van der Waals surface area contributed by atoms with Gasteiger partial charge in [-0.05, 0) is 61.1 Å². The number of nitrogens with one attached hydrogen (secondary N) is 1. The average molecular weight is 436 g/mol. The van der Waals surface area contributed by atoms with E-state index in [1.54, 1.807) is 29.2 Å². The number of hydrogen-bond acceptors (Lipinski definition) is 5. The zero-order valence-electron chi connectivity index (χ0n) is 17.8. The Balaban J connectivity index is 1.42. The summed E-state index contributed by atoms with van der Waals surface area (Å²) in [5.74, 6) is -0.629. The predicted molar refractivity (Wildman–Crippen MR) is 116 cm³/mol. The van der Waals surface area contributed by atoms with Gasteiger partial charge in [-0.15, -0.1) is 0 Å². The number of aromatic nitrogens is 3. The van der Waals surface area contributed by atoms with Crippen molar-refractivity contribution in [3.05, 3.63) is 66.2 Å². The number of carbonyl (C=O) groups excluding carboxylic acids is 2. The molecule has 8 heteroatoms. The van der Waals surface area contributed by atoms with E-state index < -0.39 is 0 Å². The van der Waals surface area contributed by atoms with Crippen LogP contribution >= 0.6 is 0 Å². The van der Waals surface area contributed by atoms with Gasteiger partial charge in [0.1, 0.15) is 17.6 Å². The van der Waals surface area contributed by atoms with E-state index in [1.807, 2.05) is 24.3 Å². The molecule has 0 aliphatic carbocycles. The molecule has 1 aliphatic heterocycles. The van der Waals surface area contributed by atoms with Crippen LogP contribution in [0.3, 0.4) is 0 Å². The second kappa shape index (κ2) is 9.72. The van der Waals surface area contributed by atoms with Crippen LogP contribution in [0, 0.1) is 11.7 Å². The van der Waals surface area contributed by atoms with E-state index >= 15 is 0 Å². The smallest absolute Gasteiger partial charge is 0.306 e. The van der Waals surface area contributed by atoms with Gasteiger partial charge in [0, 0.05) is 19.5 Å². The monoisotopic (exact) mass is 436 g/mol. The molecule has 0 bridgehead atoms. The molecule has 1 N–H and O–H groups in total. The van der Waals surface area contributed by atoms with E-state index in [9.17, 15) is 14.0 Å². The van der Waals surface area contributed by atoms with Crippen molar-refractivity contribution >= 4 is 11.9 Å². The minimum atomic E-state index is -0.366. The molecule has 2 unspecified atom stereocenters. The Bertz CT molecular complexity index is 1100. The summed E-state index contributed by atoms with van der Waals surface area (Å²) in [6, 6.07) is 12.5. The van der Waals surface area contributed by atoms with Crippen molar-refractivity contribution in [3.63, 3.8) is 0 Å². The Morgan fingerprint density at radius 1 is 1.25 bits per heavy atom. The lowest BCUT2D eigenvalue weighted by Gasteiger charge is -2.29. The van der Waals surface area contributed by atoms with Gasteiger partial charge >= 0.3 is 5.97 Å². The average Bonchev–Trinajstić information content (AvgIpc) is 3.26. The summed E-state index contributed by atoms with van der Waals surface area (Å²) >= 11 is 0. The van der Waals surface area contributed by atoms with E-state index in [4.69, 9.17) is 4.74 Å². The summed E-state index contributed by atoms with van der Waals surface area (Å²) in [6.07, 6.45) is 5.42. The summed E-state index contributed by atoms with van der Waals surface area (Å²) in [4.78, 5) is 27.3. The van der Waals surface area contributed by atoms with Crippen molar-refractivity contribution in [2.75, 3.05) is 6.54 Å². The van der Waals surface area contributed by atoms with Crippen molar-refractivity contribution in [1.29, 1.82) is 0 Å². The summed E-state index contributed by atoms with van der Waals surface area (Å²) in [5, 5.41) is 6.97. The number of nitrogens with zero attached hydrogens (tertiary/aromatic N) is 3. The molecule has 0 saturated carbocycles. The lowest BCUT2D eigenvalue weighted by molar-refractivity contribution is -0.157. The van der Waals surface area contributed by atoms with Crippen LogP contribution in [0.25, 0.3) is 17.1 Å². The molecule has 1 aliphatic rings. The molecule has 3 aromatic rings. The maximum absolute atomic E-state index is 15.0. The fraction of sp³-hybridized carbons (Fsp3) is 0.333.